The normalized spacial score (nSPS) is 12.5. The molecule has 0 fully saturated rings. The predicted octanol–water partition coefficient (Wildman–Crippen LogP) is 2.53. The van der Waals surface area contributed by atoms with Crippen molar-refractivity contribution in [2.45, 2.75) is 6.54 Å². The highest BCUT2D eigenvalue weighted by atomic mass is 16.7. The van der Waals surface area contributed by atoms with Gasteiger partial charge >= 0.3 is 5.63 Å². The first-order valence-corrected chi connectivity index (χ1v) is 6.82. The van der Waals surface area contributed by atoms with Crippen molar-refractivity contribution in [3.63, 3.8) is 0 Å². The van der Waals surface area contributed by atoms with Gasteiger partial charge in [-0.15, -0.1) is 0 Å². The third-order valence-corrected chi connectivity index (χ3v) is 3.42. The Kier molecular flexibility index (Phi) is 2.93. The molecule has 0 unspecified atom stereocenters. The molecule has 0 atom stereocenters. The van der Waals surface area contributed by atoms with Gasteiger partial charge in [-0.05, 0) is 29.8 Å². The number of hydrogen-bond donors (Lipinski definition) is 1. The van der Waals surface area contributed by atoms with Gasteiger partial charge in [0.05, 0.1) is 10.9 Å². The van der Waals surface area contributed by atoms with Crippen molar-refractivity contribution >= 4 is 16.9 Å². The molecule has 4 rings (SSSR count). The van der Waals surface area contributed by atoms with Crippen LogP contribution < -0.4 is 20.4 Å². The lowest BCUT2D eigenvalue weighted by Gasteiger charge is -2.06. The summed E-state index contributed by atoms with van der Waals surface area (Å²) in [5.74, 6) is 1.45. The van der Waals surface area contributed by atoms with Crippen molar-refractivity contribution in [2.24, 2.45) is 0 Å². The summed E-state index contributed by atoms with van der Waals surface area (Å²) < 4.78 is 15.8. The molecule has 0 saturated heterocycles. The van der Waals surface area contributed by atoms with Crippen LogP contribution >= 0.6 is 0 Å². The Morgan fingerprint density at radius 1 is 1.09 bits per heavy atom. The summed E-state index contributed by atoms with van der Waals surface area (Å²) in [6.45, 7) is 0.707. The van der Waals surface area contributed by atoms with Crippen LogP contribution in [0.25, 0.3) is 10.9 Å². The van der Waals surface area contributed by atoms with Crippen molar-refractivity contribution in [2.75, 3.05) is 12.1 Å². The highest BCUT2D eigenvalue weighted by molar-refractivity contribution is 5.77. The Balaban J connectivity index is 1.58. The fraction of sp³-hybridized carbons (Fsp3) is 0.125. The topological polar surface area (TPSA) is 73.6 Å². The van der Waals surface area contributed by atoms with Crippen LogP contribution in [0.5, 0.6) is 11.5 Å². The van der Waals surface area contributed by atoms with Gasteiger partial charge in [0.15, 0.2) is 11.5 Å². The molecule has 3 aromatic rings. The standard InChI is InChI=1S/C16H12N2O4/c19-15-11-3-1-2-4-12(11)18-16(22-15)17-8-10-5-6-13-14(7-10)21-9-20-13/h1-7H,8-9H2,(H,17,18). The van der Waals surface area contributed by atoms with Crippen LogP contribution in [0.15, 0.2) is 51.7 Å². The second-order valence-electron chi connectivity index (χ2n) is 4.86. The number of benzene rings is 2. The molecule has 0 saturated carbocycles. The molecule has 2 heterocycles. The Morgan fingerprint density at radius 3 is 2.91 bits per heavy atom. The van der Waals surface area contributed by atoms with Crippen molar-refractivity contribution in [1.82, 2.24) is 4.98 Å². The lowest BCUT2D eigenvalue weighted by Crippen LogP contribution is -2.07. The zero-order chi connectivity index (χ0) is 14.9. The van der Waals surface area contributed by atoms with Gasteiger partial charge in [0.2, 0.25) is 6.79 Å². The van der Waals surface area contributed by atoms with Gasteiger partial charge < -0.3 is 19.2 Å². The van der Waals surface area contributed by atoms with Gasteiger partial charge in [0.25, 0.3) is 6.01 Å². The number of fused-ring (bicyclic) bond motifs is 2. The smallest absolute Gasteiger partial charge is 0.348 e. The van der Waals surface area contributed by atoms with Gasteiger partial charge in [-0.2, -0.15) is 4.98 Å². The minimum atomic E-state index is -0.404. The molecule has 1 aliphatic heterocycles. The van der Waals surface area contributed by atoms with Gasteiger partial charge in [-0.3, -0.25) is 0 Å². The first-order valence-electron chi connectivity index (χ1n) is 6.82. The van der Waals surface area contributed by atoms with Crippen molar-refractivity contribution in [1.29, 1.82) is 0 Å². The van der Waals surface area contributed by atoms with E-state index >= 15 is 0 Å². The van der Waals surface area contributed by atoms with Crippen LogP contribution in [-0.4, -0.2) is 11.8 Å². The molecule has 6 heteroatoms. The summed E-state index contributed by atoms with van der Waals surface area (Å²) in [5.41, 5.74) is 1.17. The van der Waals surface area contributed by atoms with E-state index in [1.54, 1.807) is 18.2 Å². The number of para-hydroxylation sites is 1. The second-order valence-corrected chi connectivity index (χ2v) is 4.86. The lowest BCUT2D eigenvalue weighted by atomic mass is 10.2. The molecule has 1 aliphatic rings. The average Bonchev–Trinajstić information content (AvgIpc) is 3.00. The van der Waals surface area contributed by atoms with E-state index in [9.17, 15) is 4.79 Å². The Bertz CT molecular complexity index is 904. The molecule has 1 N–H and O–H groups in total. The fourth-order valence-electron chi connectivity index (χ4n) is 2.32. The zero-order valence-corrected chi connectivity index (χ0v) is 11.5. The van der Waals surface area contributed by atoms with E-state index in [0.717, 1.165) is 11.3 Å². The maximum atomic E-state index is 11.9. The maximum Gasteiger partial charge on any atom is 0.348 e. The third kappa shape index (κ3) is 2.24. The number of nitrogens with one attached hydrogen (secondary N) is 1. The van der Waals surface area contributed by atoms with E-state index in [1.165, 1.54) is 0 Å². The number of anilines is 1. The highest BCUT2D eigenvalue weighted by Crippen LogP contribution is 2.32. The average molecular weight is 296 g/mol. The van der Waals surface area contributed by atoms with E-state index in [1.807, 2.05) is 24.3 Å². The van der Waals surface area contributed by atoms with Crippen LogP contribution in [0.4, 0.5) is 6.01 Å². The Morgan fingerprint density at radius 2 is 1.95 bits per heavy atom. The summed E-state index contributed by atoms with van der Waals surface area (Å²) >= 11 is 0. The quantitative estimate of drug-likeness (QED) is 0.800. The predicted molar refractivity (Wildman–Crippen MR) is 80.2 cm³/mol. The molecule has 0 radical (unpaired) electrons. The van der Waals surface area contributed by atoms with Crippen LogP contribution in [0.3, 0.4) is 0 Å². The molecule has 0 spiro atoms. The molecule has 22 heavy (non-hydrogen) atoms. The molecule has 6 nitrogen and oxygen atoms in total. The van der Waals surface area contributed by atoms with Gasteiger partial charge in [0.1, 0.15) is 0 Å². The highest BCUT2D eigenvalue weighted by Gasteiger charge is 2.13. The monoisotopic (exact) mass is 296 g/mol. The molecule has 2 aromatic carbocycles. The van der Waals surface area contributed by atoms with E-state index in [2.05, 4.69) is 10.3 Å². The number of ether oxygens (including phenoxy) is 2. The van der Waals surface area contributed by atoms with Crippen LogP contribution in [0.1, 0.15) is 5.56 Å². The summed E-state index contributed by atoms with van der Waals surface area (Å²) in [6, 6.07) is 12.9. The van der Waals surface area contributed by atoms with Gasteiger partial charge in [-0.1, -0.05) is 18.2 Å². The van der Waals surface area contributed by atoms with E-state index < -0.39 is 5.63 Å². The van der Waals surface area contributed by atoms with Gasteiger partial charge in [-0.25, -0.2) is 4.79 Å². The second kappa shape index (κ2) is 5.07. The molecular formula is C16H12N2O4. The summed E-state index contributed by atoms with van der Waals surface area (Å²) in [7, 11) is 0. The van der Waals surface area contributed by atoms with Crippen molar-refractivity contribution < 1.29 is 13.9 Å². The van der Waals surface area contributed by atoms with Crippen LogP contribution in [0, 0.1) is 0 Å². The third-order valence-electron chi connectivity index (χ3n) is 3.42. The van der Waals surface area contributed by atoms with Crippen LogP contribution in [-0.2, 0) is 6.54 Å². The van der Waals surface area contributed by atoms with Crippen molar-refractivity contribution in [3.05, 3.63) is 58.4 Å². The number of aromatic nitrogens is 1. The Hall–Kier alpha value is -3.02. The lowest BCUT2D eigenvalue weighted by molar-refractivity contribution is 0.174. The van der Waals surface area contributed by atoms with E-state index in [-0.39, 0.29) is 12.8 Å². The first kappa shape index (κ1) is 12.7. The minimum Gasteiger partial charge on any atom is -0.454 e. The SMILES string of the molecule is O=c1oc(NCc2ccc3c(c2)OCO3)nc2ccccc12. The number of nitrogens with zero attached hydrogens (tertiary/aromatic N) is 1. The summed E-state index contributed by atoms with van der Waals surface area (Å²) in [4.78, 5) is 16.2. The minimum absolute atomic E-state index is 0.196. The number of rotatable bonds is 3. The molecular weight excluding hydrogens is 284 g/mol. The van der Waals surface area contributed by atoms with E-state index in [0.29, 0.717) is 23.2 Å². The summed E-state index contributed by atoms with van der Waals surface area (Å²) in [6.07, 6.45) is 0. The van der Waals surface area contributed by atoms with E-state index in [4.69, 9.17) is 13.9 Å². The molecule has 0 amide bonds. The Labute approximate surface area is 125 Å². The maximum absolute atomic E-state index is 11.9. The summed E-state index contributed by atoms with van der Waals surface area (Å²) in [5, 5.41) is 3.48. The van der Waals surface area contributed by atoms with Crippen molar-refractivity contribution in [3.8, 4) is 11.5 Å². The van der Waals surface area contributed by atoms with Gasteiger partial charge in [0, 0.05) is 6.54 Å². The molecule has 0 aliphatic carbocycles. The molecule has 1 aromatic heterocycles. The largest absolute Gasteiger partial charge is 0.454 e. The molecule has 0 bridgehead atoms. The molecule has 110 valence electrons. The number of hydrogen-bond acceptors (Lipinski definition) is 6. The van der Waals surface area contributed by atoms with Crippen LogP contribution in [0.2, 0.25) is 0 Å². The fourth-order valence-corrected chi connectivity index (χ4v) is 2.32. The first-order chi connectivity index (χ1) is 10.8. The zero-order valence-electron chi connectivity index (χ0n) is 11.5.